The van der Waals surface area contributed by atoms with Crippen LogP contribution in [0.2, 0.25) is 0 Å². The summed E-state index contributed by atoms with van der Waals surface area (Å²) >= 11 is 1.84. The van der Waals surface area contributed by atoms with Gasteiger partial charge in [-0.25, -0.2) is 0 Å². The highest BCUT2D eigenvalue weighted by Gasteiger charge is 2.24. The molecule has 8 heteroatoms. The van der Waals surface area contributed by atoms with Crippen molar-refractivity contribution in [2.75, 3.05) is 45.9 Å². The van der Waals surface area contributed by atoms with Crippen LogP contribution in [0, 0.1) is 5.92 Å². The van der Waals surface area contributed by atoms with Crippen LogP contribution in [0.5, 0.6) is 0 Å². The Kier molecular flexibility index (Phi) is 9.96. The summed E-state index contributed by atoms with van der Waals surface area (Å²) in [7, 11) is 0. The van der Waals surface area contributed by atoms with Gasteiger partial charge in [0, 0.05) is 36.9 Å². The number of nitrogens with one attached hydrogen (secondary N) is 2. The highest BCUT2D eigenvalue weighted by Crippen LogP contribution is 2.28. The quantitative estimate of drug-likeness (QED) is 0.285. The number of ether oxygens (including phenoxy) is 1. The van der Waals surface area contributed by atoms with Gasteiger partial charge in [-0.15, -0.1) is 35.3 Å². The average molecular weight is 545 g/mol. The maximum absolute atomic E-state index is 5.52. The second kappa shape index (κ2) is 12.7. The Morgan fingerprint density at radius 3 is 2.83 bits per heavy atom. The fraction of sp³-hybridized carbons (Fsp3) is 0.591. The van der Waals surface area contributed by atoms with Crippen LogP contribution in [0.3, 0.4) is 0 Å². The Morgan fingerprint density at radius 2 is 2.13 bits per heavy atom. The smallest absolute Gasteiger partial charge is 0.191 e. The third-order valence-corrected chi connectivity index (χ3v) is 6.68. The van der Waals surface area contributed by atoms with Crippen molar-refractivity contribution in [2.45, 2.75) is 31.7 Å². The SMILES string of the molecule is I.c1coc(CCNC(=NCC(c2cccs2)N2CCCC2)NCC2CCOC2)c1. The number of guanidine groups is 1. The van der Waals surface area contributed by atoms with E-state index in [1.54, 1.807) is 6.26 Å². The average Bonchev–Trinajstić information content (AvgIpc) is 3.55. The molecule has 2 aliphatic rings. The summed E-state index contributed by atoms with van der Waals surface area (Å²) in [6.07, 6.45) is 6.28. The topological polar surface area (TPSA) is 62.0 Å². The van der Waals surface area contributed by atoms with Gasteiger partial charge in [0.1, 0.15) is 5.76 Å². The van der Waals surface area contributed by atoms with Crippen molar-refractivity contribution in [1.82, 2.24) is 15.5 Å². The lowest BCUT2D eigenvalue weighted by atomic mass is 10.1. The van der Waals surface area contributed by atoms with Gasteiger partial charge in [0.2, 0.25) is 0 Å². The van der Waals surface area contributed by atoms with Crippen molar-refractivity contribution in [3.8, 4) is 0 Å². The molecule has 166 valence electrons. The van der Waals surface area contributed by atoms with E-state index in [1.165, 1.54) is 30.8 Å². The Balaban J connectivity index is 0.00000256. The Bertz CT molecular complexity index is 726. The van der Waals surface area contributed by atoms with Gasteiger partial charge < -0.3 is 19.8 Å². The molecule has 0 aromatic carbocycles. The molecule has 2 saturated heterocycles. The highest BCUT2D eigenvalue weighted by molar-refractivity contribution is 14.0. The van der Waals surface area contributed by atoms with Gasteiger partial charge in [0.05, 0.1) is 25.5 Å². The molecule has 2 N–H and O–H groups in total. The molecule has 4 rings (SSSR count). The van der Waals surface area contributed by atoms with E-state index in [-0.39, 0.29) is 24.0 Å². The minimum atomic E-state index is 0. The zero-order chi connectivity index (χ0) is 19.7. The van der Waals surface area contributed by atoms with E-state index in [0.29, 0.717) is 12.0 Å². The van der Waals surface area contributed by atoms with Crippen LogP contribution in [0.15, 0.2) is 45.3 Å². The van der Waals surface area contributed by atoms with Gasteiger partial charge in [-0.2, -0.15) is 0 Å². The first-order valence-electron chi connectivity index (χ1n) is 10.8. The highest BCUT2D eigenvalue weighted by atomic mass is 127. The fourth-order valence-electron chi connectivity index (χ4n) is 4.02. The Hall–Kier alpha value is -1.10. The Morgan fingerprint density at radius 1 is 1.23 bits per heavy atom. The zero-order valence-electron chi connectivity index (χ0n) is 17.4. The Labute approximate surface area is 200 Å². The van der Waals surface area contributed by atoms with Crippen LogP contribution in [0.1, 0.15) is 35.9 Å². The summed E-state index contributed by atoms with van der Waals surface area (Å²) in [6.45, 7) is 6.54. The van der Waals surface area contributed by atoms with E-state index in [4.69, 9.17) is 14.1 Å². The second-order valence-corrected chi connectivity index (χ2v) is 8.81. The number of nitrogens with zero attached hydrogens (tertiary/aromatic N) is 2. The predicted molar refractivity (Wildman–Crippen MR) is 133 cm³/mol. The molecule has 30 heavy (non-hydrogen) atoms. The predicted octanol–water partition coefficient (Wildman–Crippen LogP) is 3.91. The molecule has 0 radical (unpaired) electrons. The van der Waals surface area contributed by atoms with E-state index >= 15 is 0 Å². The number of rotatable bonds is 9. The van der Waals surface area contributed by atoms with E-state index in [2.05, 4.69) is 33.0 Å². The van der Waals surface area contributed by atoms with Crippen LogP contribution >= 0.6 is 35.3 Å². The van der Waals surface area contributed by atoms with Gasteiger partial charge in [0.25, 0.3) is 0 Å². The van der Waals surface area contributed by atoms with E-state index in [9.17, 15) is 0 Å². The largest absolute Gasteiger partial charge is 0.469 e. The van der Waals surface area contributed by atoms with E-state index in [0.717, 1.165) is 57.4 Å². The van der Waals surface area contributed by atoms with Gasteiger partial charge in [-0.1, -0.05) is 6.07 Å². The second-order valence-electron chi connectivity index (χ2n) is 7.83. The molecule has 2 atom stereocenters. The summed E-state index contributed by atoms with van der Waals surface area (Å²) in [6, 6.07) is 8.71. The van der Waals surface area contributed by atoms with Gasteiger partial charge in [-0.3, -0.25) is 9.89 Å². The first-order chi connectivity index (χ1) is 14.4. The van der Waals surface area contributed by atoms with Crippen LogP contribution in [-0.4, -0.2) is 56.8 Å². The number of likely N-dealkylation sites (tertiary alicyclic amines) is 1. The van der Waals surface area contributed by atoms with E-state index in [1.807, 2.05) is 23.5 Å². The molecular formula is C22H33IN4O2S. The zero-order valence-corrected chi connectivity index (χ0v) is 20.6. The third-order valence-electron chi connectivity index (χ3n) is 5.70. The van der Waals surface area contributed by atoms with Crippen molar-refractivity contribution >= 4 is 41.3 Å². The van der Waals surface area contributed by atoms with E-state index < -0.39 is 0 Å². The molecule has 0 saturated carbocycles. The minimum absolute atomic E-state index is 0. The number of hydrogen-bond donors (Lipinski definition) is 2. The molecular weight excluding hydrogens is 511 g/mol. The first kappa shape index (κ1) is 23.6. The van der Waals surface area contributed by atoms with Crippen LogP contribution in [0.4, 0.5) is 0 Å². The number of halogens is 1. The molecule has 6 nitrogen and oxygen atoms in total. The van der Waals surface area contributed by atoms with Gasteiger partial charge in [-0.05, 0) is 55.9 Å². The maximum Gasteiger partial charge on any atom is 0.191 e. The van der Waals surface area contributed by atoms with Gasteiger partial charge in [0.15, 0.2) is 5.96 Å². The third kappa shape index (κ3) is 6.96. The molecule has 2 fully saturated rings. The van der Waals surface area contributed by atoms with Crippen molar-refractivity contribution in [2.24, 2.45) is 10.9 Å². The van der Waals surface area contributed by atoms with Gasteiger partial charge >= 0.3 is 0 Å². The summed E-state index contributed by atoms with van der Waals surface area (Å²) in [4.78, 5) is 8.99. The summed E-state index contributed by atoms with van der Waals surface area (Å²) in [5, 5.41) is 9.21. The number of thiophene rings is 1. The normalized spacial score (nSPS) is 20.8. The lowest BCUT2D eigenvalue weighted by Crippen LogP contribution is -2.41. The minimum Gasteiger partial charge on any atom is -0.469 e. The van der Waals surface area contributed by atoms with Crippen molar-refractivity contribution in [1.29, 1.82) is 0 Å². The maximum atomic E-state index is 5.52. The number of furan rings is 1. The monoisotopic (exact) mass is 544 g/mol. The number of hydrogen-bond acceptors (Lipinski definition) is 5. The fourth-order valence-corrected chi connectivity index (χ4v) is 4.87. The standard InChI is InChI=1S/C22H32N4O2S.HI/c1-2-11-26(10-1)20(21-6-4-14-29-21)16-25-22(24-15-18-8-13-27-17-18)23-9-7-19-5-3-12-28-19;/h3-6,12,14,18,20H,1-2,7-11,13,15-17H2,(H2,23,24,25);1H. The van der Waals surface area contributed by atoms with Crippen LogP contribution < -0.4 is 10.6 Å². The molecule has 0 bridgehead atoms. The summed E-state index contributed by atoms with van der Waals surface area (Å²) in [5.74, 6) is 2.46. The van der Waals surface area contributed by atoms with Crippen molar-refractivity contribution in [3.63, 3.8) is 0 Å². The molecule has 0 amide bonds. The summed E-state index contributed by atoms with van der Waals surface area (Å²) in [5.41, 5.74) is 0. The summed E-state index contributed by atoms with van der Waals surface area (Å²) < 4.78 is 11.0. The molecule has 2 aliphatic heterocycles. The molecule has 4 heterocycles. The van der Waals surface area contributed by atoms with Crippen molar-refractivity contribution in [3.05, 3.63) is 46.5 Å². The van der Waals surface area contributed by atoms with Crippen LogP contribution in [-0.2, 0) is 11.2 Å². The molecule has 0 aliphatic carbocycles. The number of aliphatic imine (C=N–C) groups is 1. The molecule has 0 spiro atoms. The molecule has 2 aromatic rings. The molecule has 2 aromatic heterocycles. The first-order valence-corrected chi connectivity index (χ1v) is 11.7. The lowest BCUT2D eigenvalue weighted by molar-refractivity contribution is 0.186. The van der Waals surface area contributed by atoms with Crippen molar-refractivity contribution < 1.29 is 9.15 Å². The lowest BCUT2D eigenvalue weighted by Gasteiger charge is -2.25. The van der Waals surface area contributed by atoms with Crippen LogP contribution in [0.25, 0.3) is 0 Å². The molecule has 2 unspecified atom stereocenters.